The van der Waals surface area contributed by atoms with E-state index in [-0.39, 0.29) is 11.9 Å². The van der Waals surface area contributed by atoms with Gasteiger partial charge >= 0.3 is 0 Å². The number of thiophene rings is 1. The van der Waals surface area contributed by atoms with Crippen LogP contribution in [0.25, 0.3) is 10.1 Å². The molecule has 1 heterocycles. The Hall–Kier alpha value is -0.930. The smallest absolute Gasteiger partial charge is 0.131 e. The number of rotatable bonds is 3. The lowest BCUT2D eigenvalue weighted by atomic mass is 10.2. The molecule has 0 N–H and O–H groups in total. The summed E-state index contributed by atoms with van der Waals surface area (Å²) >= 11 is 1.59. The van der Waals surface area contributed by atoms with E-state index < -0.39 is 0 Å². The molecular formula is C12H13FOS. The average Bonchev–Trinajstić information content (AvgIpc) is 2.59. The lowest BCUT2D eigenvalue weighted by molar-refractivity contribution is 0.0675. The Labute approximate surface area is 92.5 Å². The molecule has 0 amide bonds. The number of ether oxygens (including phenoxy) is 1. The van der Waals surface area contributed by atoms with Crippen LogP contribution in [0.2, 0.25) is 0 Å². The van der Waals surface area contributed by atoms with Crippen molar-refractivity contribution in [2.45, 2.75) is 26.6 Å². The van der Waals surface area contributed by atoms with Gasteiger partial charge < -0.3 is 4.74 Å². The Morgan fingerprint density at radius 2 is 2.20 bits per heavy atom. The van der Waals surface area contributed by atoms with Crippen molar-refractivity contribution in [3.05, 3.63) is 35.0 Å². The van der Waals surface area contributed by atoms with Gasteiger partial charge in [-0.3, -0.25) is 0 Å². The highest BCUT2D eigenvalue weighted by atomic mass is 32.1. The molecule has 1 aromatic heterocycles. The van der Waals surface area contributed by atoms with E-state index in [1.165, 1.54) is 6.07 Å². The minimum absolute atomic E-state index is 0.153. The first-order valence-corrected chi connectivity index (χ1v) is 5.77. The monoisotopic (exact) mass is 224 g/mol. The molecule has 0 atom stereocenters. The highest BCUT2D eigenvalue weighted by Crippen LogP contribution is 2.28. The minimum Gasteiger partial charge on any atom is -0.373 e. The van der Waals surface area contributed by atoms with Gasteiger partial charge in [-0.1, -0.05) is 6.07 Å². The maximum Gasteiger partial charge on any atom is 0.131 e. The SMILES string of the molecule is CC(C)OCc1cc2c(F)cccc2s1. The fourth-order valence-electron chi connectivity index (χ4n) is 1.40. The van der Waals surface area contributed by atoms with E-state index in [0.29, 0.717) is 12.0 Å². The van der Waals surface area contributed by atoms with Gasteiger partial charge in [-0.2, -0.15) is 0 Å². The fraction of sp³-hybridized carbons (Fsp3) is 0.333. The molecule has 80 valence electrons. The van der Waals surface area contributed by atoms with Crippen LogP contribution in [0.4, 0.5) is 4.39 Å². The molecule has 0 saturated heterocycles. The quantitative estimate of drug-likeness (QED) is 0.766. The average molecular weight is 224 g/mol. The number of halogens is 1. The Kier molecular flexibility index (Phi) is 3.03. The van der Waals surface area contributed by atoms with Crippen LogP contribution in [0.3, 0.4) is 0 Å². The van der Waals surface area contributed by atoms with Crippen molar-refractivity contribution in [2.24, 2.45) is 0 Å². The van der Waals surface area contributed by atoms with Crippen molar-refractivity contribution < 1.29 is 9.13 Å². The van der Waals surface area contributed by atoms with Crippen molar-refractivity contribution >= 4 is 21.4 Å². The second-order valence-corrected chi connectivity index (χ2v) is 4.89. The van der Waals surface area contributed by atoms with Gasteiger partial charge in [0.05, 0.1) is 12.7 Å². The molecule has 3 heteroatoms. The fourth-order valence-corrected chi connectivity index (χ4v) is 2.40. The topological polar surface area (TPSA) is 9.23 Å². The zero-order chi connectivity index (χ0) is 10.8. The molecule has 1 aromatic carbocycles. The summed E-state index contributed by atoms with van der Waals surface area (Å²) in [5, 5.41) is 0.699. The van der Waals surface area contributed by atoms with Crippen molar-refractivity contribution in [1.82, 2.24) is 0 Å². The molecule has 0 unspecified atom stereocenters. The van der Waals surface area contributed by atoms with Gasteiger partial charge in [0.25, 0.3) is 0 Å². The zero-order valence-corrected chi connectivity index (χ0v) is 9.60. The molecule has 0 aliphatic carbocycles. The van der Waals surface area contributed by atoms with Crippen LogP contribution >= 0.6 is 11.3 Å². The zero-order valence-electron chi connectivity index (χ0n) is 8.79. The second kappa shape index (κ2) is 4.29. The van der Waals surface area contributed by atoms with Gasteiger partial charge in [0.1, 0.15) is 5.82 Å². The van der Waals surface area contributed by atoms with Crippen LogP contribution in [0, 0.1) is 5.82 Å². The first kappa shape index (κ1) is 10.6. The largest absolute Gasteiger partial charge is 0.373 e. The molecule has 0 aliphatic heterocycles. The molecule has 0 aliphatic rings. The molecule has 0 radical (unpaired) electrons. The molecule has 15 heavy (non-hydrogen) atoms. The molecule has 2 aromatic rings. The summed E-state index contributed by atoms with van der Waals surface area (Å²) in [6.45, 7) is 4.55. The maximum atomic E-state index is 13.4. The van der Waals surface area contributed by atoms with Gasteiger partial charge in [0.2, 0.25) is 0 Å². The van der Waals surface area contributed by atoms with Gasteiger partial charge in [-0.15, -0.1) is 11.3 Å². The third-order valence-corrected chi connectivity index (χ3v) is 3.19. The summed E-state index contributed by atoms with van der Waals surface area (Å²) in [5.41, 5.74) is 0. The summed E-state index contributed by atoms with van der Waals surface area (Å²) in [6, 6.07) is 7.03. The molecular weight excluding hydrogens is 211 g/mol. The number of benzene rings is 1. The standard InChI is InChI=1S/C12H13FOS/c1-8(2)14-7-9-6-10-11(13)4-3-5-12(10)15-9/h3-6,8H,7H2,1-2H3. The van der Waals surface area contributed by atoms with Crippen LogP contribution in [-0.2, 0) is 11.3 Å². The predicted molar refractivity (Wildman–Crippen MR) is 61.7 cm³/mol. The van der Waals surface area contributed by atoms with Crippen LogP contribution < -0.4 is 0 Å². The Morgan fingerprint density at radius 1 is 1.40 bits per heavy atom. The van der Waals surface area contributed by atoms with Gasteiger partial charge in [0.15, 0.2) is 0 Å². The van der Waals surface area contributed by atoms with E-state index in [2.05, 4.69) is 0 Å². The summed E-state index contributed by atoms with van der Waals surface area (Å²) in [5.74, 6) is -0.153. The summed E-state index contributed by atoms with van der Waals surface area (Å²) < 4.78 is 19.8. The number of fused-ring (bicyclic) bond motifs is 1. The van der Waals surface area contributed by atoms with Crippen LogP contribution in [0.1, 0.15) is 18.7 Å². The number of hydrogen-bond acceptors (Lipinski definition) is 2. The second-order valence-electron chi connectivity index (χ2n) is 3.72. The molecule has 0 bridgehead atoms. The Bertz CT molecular complexity index is 462. The summed E-state index contributed by atoms with van der Waals surface area (Å²) in [6.07, 6.45) is 0.208. The lowest BCUT2D eigenvalue weighted by Crippen LogP contribution is -2.00. The minimum atomic E-state index is -0.153. The Balaban J connectivity index is 2.27. The van der Waals surface area contributed by atoms with Gasteiger partial charge in [-0.05, 0) is 32.0 Å². The van der Waals surface area contributed by atoms with Crippen molar-refractivity contribution in [2.75, 3.05) is 0 Å². The van der Waals surface area contributed by atoms with E-state index in [0.717, 1.165) is 9.58 Å². The van der Waals surface area contributed by atoms with Gasteiger partial charge in [-0.25, -0.2) is 4.39 Å². The molecule has 0 fully saturated rings. The van der Waals surface area contributed by atoms with Crippen molar-refractivity contribution in [1.29, 1.82) is 0 Å². The highest BCUT2D eigenvalue weighted by molar-refractivity contribution is 7.19. The number of hydrogen-bond donors (Lipinski definition) is 0. The first-order chi connectivity index (χ1) is 7.16. The van der Waals surface area contributed by atoms with E-state index in [1.54, 1.807) is 17.4 Å². The first-order valence-electron chi connectivity index (χ1n) is 4.95. The summed E-state index contributed by atoms with van der Waals surface area (Å²) in [4.78, 5) is 1.07. The van der Waals surface area contributed by atoms with Crippen LogP contribution in [-0.4, -0.2) is 6.10 Å². The predicted octanol–water partition coefficient (Wildman–Crippen LogP) is 3.97. The van der Waals surface area contributed by atoms with E-state index >= 15 is 0 Å². The van der Waals surface area contributed by atoms with E-state index in [1.807, 2.05) is 26.0 Å². The Morgan fingerprint density at radius 3 is 2.87 bits per heavy atom. The lowest BCUT2D eigenvalue weighted by Gasteiger charge is -2.04. The van der Waals surface area contributed by atoms with E-state index in [9.17, 15) is 4.39 Å². The molecule has 0 spiro atoms. The summed E-state index contributed by atoms with van der Waals surface area (Å²) in [7, 11) is 0. The maximum absolute atomic E-state index is 13.4. The van der Waals surface area contributed by atoms with Crippen LogP contribution in [0.5, 0.6) is 0 Å². The van der Waals surface area contributed by atoms with Gasteiger partial charge in [0, 0.05) is 15.0 Å². The third-order valence-electron chi connectivity index (χ3n) is 2.12. The third kappa shape index (κ3) is 2.36. The normalized spacial score (nSPS) is 11.5. The van der Waals surface area contributed by atoms with E-state index in [4.69, 9.17) is 4.74 Å². The molecule has 0 saturated carbocycles. The van der Waals surface area contributed by atoms with Crippen molar-refractivity contribution in [3.63, 3.8) is 0 Å². The molecule has 1 nitrogen and oxygen atoms in total. The molecule has 2 rings (SSSR count). The van der Waals surface area contributed by atoms with Crippen molar-refractivity contribution in [3.8, 4) is 0 Å². The van der Waals surface area contributed by atoms with Crippen LogP contribution in [0.15, 0.2) is 24.3 Å². The highest BCUT2D eigenvalue weighted by Gasteiger charge is 2.06.